The SMILES string of the molecule is CN(C)c1ccccc1NCc1ccc(CO)o1. The number of hydrogen-bond donors (Lipinski definition) is 2. The Bertz CT molecular complexity index is 506. The van der Waals surface area contributed by atoms with Gasteiger partial charge < -0.3 is 19.7 Å². The smallest absolute Gasteiger partial charge is 0.129 e. The summed E-state index contributed by atoms with van der Waals surface area (Å²) in [6.07, 6.45) is 0. The highest BCUT2D eigenvalue weighted by atomic mass is 16.4. The first-order valence-corrected chi connectivity index (χ1v) is 5.89. The van der Waals surface area contributed by atoms with Crippen LogP contribution in [0.2, 0.25) is 0 Å². The van der Waals surface area contributed by atoms with E-state index in [1.54, 1.807) is 6.07 Å². The van der Waals surface area contributed by atoms with Crippen molar-refractivity contribution >= 4 is 11.4 Å². The Morgan fingerprint density at radius 1 is 1.11 bits per heavy atom. The number of benzene rings is 1. The van der Waals surface area contributed by atoms with Crippen molar-refractivity contribution in [1.29, 1.82) is 0 Å². The fourth-order valence-corrected chi connectivity index (χ4v) is 1.80. The van der Waals surface area contributed by atoms with Gasteiger partial charge in [-0.3, -0.25) is 0 Å². The highest BCUT2D eigenvalue weighted by Crippen LogP contribution is 2.24. The van der Waals surface area contributed by atoms with Crippen LogP contribution in [0.15, 0.2) is 40.8 Å². The zero-order chi connectivity index (χ0) is 13.0. The summed E-state index contributed by atoms with van der Waals surface area (Å²) >= 11 is 0. The van der Waals surface area contributed by atoms with Crippen molar-refractivity contribution in [1.82, 2.24) is 0 Å². The van der Waals surface area contributed by atoms with Crippen LogP contribution in [0.1, 0.15) is 11.5 Å². The van der Waals surface area contributed by atoms with E-state index < -0.39 is 0 Å². The third-order valence-corrected chi connectivity index (χ3v) is 2.71. The van der Waals surface area contributed by atoms with Crippen LogP contribution < -0.4 is 10.2 Å². The van der Waals surface area contributed by atoms with Crippen LogP contribution in [0, 0.1) is 0 Å². The van der Waals surface area contributed by atoms with E-state index in [-0.39, 0.29) is 6.61 Å². The molecule has 0 saturated heterocycles. The van der Waals surface area contributed by atoms with E-state index in [9.17, 15) is 0 Å². The Morgan fingerprint density at radius 2 is 1.83 bits per heavy atom. The number of nitrogens with one attached hydrogen (secondary N) is 1. The molecule has 1 heterocycles. The van der Waals surface area contributed by atoms with E-state index in [4.69, 9.17) is 9.52 Å². The first kappa shape index (κ1) is 12.5. The van der Waals surface area contributed by atoms with Crippen LogP contribution in [-0.2, 0) is 13.2 Å². The number of furan rings is 1. The molecule has 4 nitrogen and oxygen atoms in total. The van der Waals surface area contributed by atoms with Gasteiger partial charge in [0.25, 0.3) is 0 Å². The first-order chi connectivity index (χ1) is 8.70. The summed E-state index contributed by atoms with van der Waals surface area (Å²) < 4.78 is 5.43. The molecule has 0 aliphatic carbocycles. The fraction of sp³-hybridized carbons (Fsp3) is 0.286. The molecule has 1 aromatic heterocycles. The molecule has 0 aliphatic heterocycles. The molecule has 0 atom stereocenters. The minimum atomic E-state index is -0.0612. The van der Waals surface area contributed by atoms with Crippen molar-refractivity contribution < 1.29 is 9.52 Å². The van der Waals surface area contributed by atoms with Gasteiger partial charge in [0.2, 0.25) is 0 Å². The molecule has 0 aliphatic rings. The summed E-state index contributed by atoms with van der Waals surface area (Å²) in [5, 5.41) is 12.3. The predicted molar refractivity (Wildman–Crippen MR) is 72.7 cm³/mol. The molecule has 18 heavy (non-hydrogen) atoms. The first-order valence-electron chi connectivity index (χ1n) is 5.89. The Hall–Kier alpha value is -1.94. The standard InChI is InChI=1S/C14H18N2O2/c1-16(2)14-6-4-3-5-13(14)15-9-11-7-8-12(10-17)18-11/h3-8,15,17H,9-10H2,1-2H3. The molecule has 1 aromatic carbocycles. The zero-order valence-electron chi connectivity index (χ0n) is 10.7. The summed E-state index contributed by atoms with van der Waals surface area (Å²) in [4.78, 5) is 2.06. The van der Waals surface area contributed by atoms with Crippen LogP contribution in [0.25, 0.3) is 0 Å². The van der Waals surface area contributed by atoms with Gasteiger partial charge in [0, 0.05) is 14.1 Å². The van der Waals surface area contributed by atoms with Gasteiger partial charge in [-0.2, -0.15) is 0 Å². The minimum Gasteiger partial charge on any atom is -0.462 e. The van der Waals surface area contributed by atoms with Crippen molar-refractivity contribution in [2.75, 3.05) is 24.3 Å². The molecule has 2 rings (SSSR count). The molecule has 96 valence electrons. The second-order valence-electron chi connectivity index (χ2n) is 4.29. The third-order valence-electron chi connectivity index (χ3n) is 2.71. The number of anilines is 2. The Labute approximate surface area is 107 Å². The van der Waals surface area contributed by atoms with E-state index in [1.165, 1.54) is 0 Å². The summed E-state index contributed by atoms with van der Waals surface area (Å²) in [6, 6.07) is 11.8. The van der Waals surface area contributed by atoms with E-state index in [1.807, 2.05) is 38.4 Å². The number of para-hydroxylation sites is 2. The Kier molecular flexibility index (Phi) is 3.89. The topological polar surface area (TPSA) is 48.6 Å². The summed E-state index contributed by atoms with van der Waals surface area (Å²) in [5.74, 6) is 1.40. The number of rotatable bonds is 5. The molecule has 0 fully saturated rings. The van der Waals surface area contributed by atoms with Gasteiger partial charge in [-0.25, -0.2) is 0 Å². The molecule has 0 radical (unpaired) electrons. The van der Waals surface area contributed by atoms with Gasteiger partial charge >= 0.3 is 0 Å². The van der Waals surface area contributed by atoms with Crippen LogP contribution in [0.4, 0.5) is 11.4 Å². The molecule has 0 spiro atoms. The molecule has 4 heteroatoms. The normalized spacial score (nSPS) is 10.4. The Balaban J connectivity index is 2.05. The lowest BCUT2D eigenvalue weighted by Gasteiger charge is -2.17. The maximum absolute atomic E-state index is 8.93. The Morgan fingerprint density at radius 3 is 2.50 bits per heavy atom. The van der Waals surface area contributed by atoms with Gasteiger partial charge in [-0.15, -0.1) is 0 Å². The number of aliphatic hydroxyl groups excluding tert-OH is 1. The van der Waals surface area contributed by atoms with Gasteiger partial charge in [0.05, 0.1) is 17.9 Å². The fourth-order valence-electron chi connectivity index (χ4n) is 1.80. The van der Waals surface area contributed by atoms with E-state index in [2.05, 4.69) is 16.3 Å². The van der Waals surface area contributed by atoms with Gasteiger partial charge in [-0.1, -0.05) is 12.1 Å². The maximum Gasteiger partial charge on any atom is 0.129 e. The van der Waals surface area contributed by atoms with Crippen molar-refractivity contribution in [3.63, 3.8) is 0 Å². The molecule has 2 aromatic rings. The lowest BCUT2D eigenvalue weighted by atomic mass is 10.2. The highest BCUT2D eigenvalue weighted by molar-refractivity contribution is 5.69. The predicted octanol–water partition coefficient (Wildman–Crippen LogP) is 2.45. The van der Waals surface area contributed by atoms with Crippen molar-refractivity contribution in [3.8, 4) is 0 Å². The molecule has 0 bridgehead atoms. The zero-order valence-corrected chi connectivity index (χ0v) is 10.7. The van der Waals surface area contributed by atoms with E-state index >= 15 is 0 Å². The van der Waals surface area contributed by atoms with Crippen molar-refractivity contribution in [2.45, 2.75) is 13.2 Å². The van der Waals surface area contributed by atoms with Gasteiger partial charge in [0.15, 0.2) is 0 Å². The lowest BCUT2D eigenvalue weighted by Crippen LogP contribution is -2.11. The van der Waals surface area contributed by atoms with Crippen LogP contribution in [0.3, 0.4) is 0 Å². The molecule has 0 saturated carbocycles. The molecule has 0 amide bonds. The number of hydrogen-bond acceptors (Lipinski definition) is 4. The number of nitrogens with zero attached hydrogens (tertiary/aromatic N) is 1. The minimum absolute atomic E-state index is 0.0612. The van der Waals surface area contributed by atoms with Crippen molar-refractivity contribution in [3.05, 3.63) is 47.9 Å². The van der Waals surface area contributed by atoms with E-state index in [0.717, 1.165) is 17.1 Å². The van der Waals surface area contributed by atoms with E-state index in [0.29, 0.717) is 12.3 Å². The molecule has 2 N–H and O–H groups in total. The monoisotopic (exact) mass is 246 g/mol. The number of aliphatic hydroxyl groups is 1. The second kappa shape index (κ2) is 5.60. The quantitative estimate of drug-likeness (QED) is 0.850. The largest absolute Gasteiger partial charge is 0.462 e. The molecular weight excluding hydrogens is 228 g/mol. The summed E-state index contributed by atoms with van der Waals surface area (Å²) in [6.45, 7) is 0.541. The van der Waals surface area contributed by atoms with Gasteiger partial charge in [0.1, 0.15) is 18.1 Å². The van der Waals surface area contributed by atoms with Crippen LogP contribution in [0.5, 0.6) is 0 Å². The second-order valence-corrected chi connectivity index (χ2v) is 4.29. The maximum atomic E-state index is 8.93. The third kappa shape index (κ3) is 2.84. The molecular formula is C14H18N2O2. The summed E-state index contributed by atoms with van der Waals surface area (Å²) in [7, 11) is 4.02. The highest BCUT2D eigenvalue weighted by Gasteiger charge is 2.05. The average molecular weight is 246 g/mol. The van der Waals surface area contributed by atoms with Crippen molar-refractivity contribution in [2.24, 2.45) is 0 Å². The summed E-state index contributed by atoms with van der Waals surface area (Å²) in [5.41, 5.74) is 2.19. The van der Waals surface area contributed by atoms with Crippen LogP contribution >= 0.6 is 0 Å². The average Bonchev–Trinajstić information content (AvgIpc) is 2.84. The van der Waals surface area contributed by atoms with Gasteiger partial charge in [-0.05, 0) is 24.3 Å². The van der Waals surface area contributed by atoms with Crippen LogP contribution in [-0.4, -0.2) is 19.2 Å². The molecule has 0 unspecified atom stereocenters. The lowest BCUT2D eigenvalue weighted by molar-refractivity contribution is 0.244.